The predicted molar refractivity (Wildman–Crippen MR) is 203 cm³/mol. The number of hydrogen-bond donors (Lipinski definition) is 0. The van der Waals surface area contributed by atoms with Gasteiger partial charge in [0.2, 0.25) is 0 Å². The Bertz CT molecular complexity index is 1200. The van der Waals surface area contributed by atoms with Crippen LogP contribution in [0.25, 0.3) is 0 Å². The monoisotopic (exact) mass is 1100 g/mol. The van der Waals surface area contributed by atoms with Gasteiger partial charge in [-0.25, -0.2) is 0 Å². The van der Waals surface area contributed by atoms with Crippen LogP contribution in [0.2, 0.25) is 0 Å². The summed E-state index contributed by atoms with van der Waals surface area (Å²) in [5.74, 6) is 0. The number of hydrogen-bond acceptors (Lipinski definition) is 6. The van der Waals surface area contributed by atoms with Crippen LogP contribution in [0.4, 0.5) is 0 Å². The SMILES string of the molecule is CC(C)(C)C#N.CC(C)(C)C#N.CC(C)(C)C#N.CC(C)(C)C#N.[CH2-]c1ccccc1.[CH2-]c1ccccc1.[Cl-].[Cl][Ir+2].[Ir+3].c1cn[n-]c1.c1cn[n-]c1. The molecule has 52 heavy (non-hydrogen) atoms. The van der Waals surface area contributed by atoms with Crippen LogP contribution in [-0.2, 0) is 38.0 Å². The Labute approximate surface area is 350 Å². The Balaban J connectivity index is -0.0000000881. The van der Waals surface area contributed by atoms with Gasteiger partial charge in [-0.05, 0) is 83.1 Å². The second-order valence-electron chi connectivity index (χ2n) is 13.9. The molecular weight excluding hydrogens is 1050 g/mol. The summed E-state index contributed by atoms with van der Waals surface area (Å²) in [6.45, 7) is 30.0. The third-order valence-electron chi connectivity index (χ3n) is 3.77. The van der Waals surface area contributed by atoms with Crippen molar-refractivity contribution in [2.24, 2.45) is 21.7 Å². The van der Waals surface area contributed by atoms with Crippen LogP contribution in [0.15, 0.2) is 97.6 Å². The van der Waals surface area contributed by atoms with Gasteiger partial charge in [0.05, 0.1) is 24.3 Å². The minimum Gasteiger partial charge on any atom is -0.582 e. The van der Waals surface area contributed by atoms with Crippen LogP contribution in [0.1, 0.15) is 94.2 Å². The van der Waals surface area contributed by atoms with Gasteiger partial charge in [-0.1, -0.05) is 24.3 Å². The van der Waals surface area contributed by atoms with E-state index in [1.807, 2.05) is 144 Å². The van der Waals surface area contributed by atoms with Crippen LogP contribution in [0, 0.1) is 80.8 Å². The summed E-state index contributed by atoms with van der Waals surface area (Å²) in [5.41, 5.74) is 1.53. The van der Waals surface area contributed by atoms with Gasteiger partial charge in [0.25, 0.3) is 0 Å². The van der Waals surface area contributed by atoms with Crippen molar-refractivity contribution in [3.63, 3.8) is 0 Å². The molecule has 0 saturated carbocycles. The fraction of sp³-hybridized carbons (Fsp3) is 0.400. The normalized spacial score (nSPS) is 8.73. The molecule has 0 N–H and O–H groups in total. The zero-order valence-corrected chi connectivity index (χ0v) is 39.0. The molecule has 12 heteroatoms. The molecule has 4 rings (SSSR count). The molecule has 0 radical (unpaired) electrons. The molecule has 0 amide bonds. The zero-order chi connectivity index (χ0) is 40.1. The number of halogens is 2. The molecule has 0 spiro atoms. The van der Waals surface area contributed by atoms with Crippen LogP contribution >= 0.6 is 9.58 Å². The number of aromatic nitrogens is 4. The van der Waals surface area contributed by atoms with E-state index in [0.717, 1.165) is 11.1 Å². The van der Waals surface area contributed by atoms with Gasteiger partial charge in [0.15, 0.2) is 0 Å². The molecule has 0 atom stereocenters. The van der Waals surface area contributed by atoms with Crippen molar-refractivity contribution in [3.05, 3.63) is 123 Å². The maximum atomic E-state index is 8.15. The summed E-state index contributed by atoms with van der Waals surface area (Å²) < 4.78 is 0. The minimum absolute atomic E-state index is 0. The van der Waals surface area contributed by atoms with Crippen LogP contribution in [0.3, 0.4) is 0 Å². The smallest absolute Gasteiger partial charge is 0.582 e. The topological polar surface area (TPSA) is 149 Å². The number of benzene rings is 2. The standard InChI is InChI=1S/2C7H7.4C5H9N.2C3H3N2.2ClH.2Ir/c2*1-7-5-3-2-4-6-7;4*1-5(2,3)4-6;2*1-2-4-5-3-1;;;;/h2*2-6H,1H2;4*1-3H3;2*1-3H;2*1H;;/q2*-1;;;;;2*-1;;;2*+3/p-2. The first kappa shape index (κ1) is 63.5. The molecule has 0 unspecified atom stereocenters. The summed E-state index contributed by atoms with van der Waals surface area (Å²) in [7, 11) is 4.64. The van der Waals surface area contributed by atoms with Crippen LogP contribution < -0.4 is 22.6 Å². The maximum Gasteiger partial charge on any atom is 3.00 e. The van der Waals surface area contributed by atoms with Gasteiger partial charge in [0, 0.05) is 34.1 Å². The average Bonchev–Trinajstić information content (AvgIpc) is 3.84. The molecule has 2 heterocycles. The number of nitriles is 4. The van der Waals surface area contributed by atoms with E-state index in [1.165, 1.54) is 17.9 Å². The van der Waals surface area contributed by atoms with Gasteiger partial charge in [-0.15, -0.1) is 24.3 Å². The second-order valence-corrected chi connectivity index (χ2v) is 13.9. The summed E-state index contributed by atoms with van der Waals surface area (Å²) in [6.07, 6.45) is 6.56. The minimum atomic E-state index is -0.153. The average molecular weight is 1100 g/mol. The third-order valence-corrected chi connectivity index (χ3v) is 3.77. The molecule has 0 aliphatic rings. The molecule has 288 valence electrons. The molecule has 0 saturated heterocycles. The Hall–Kier alpha value is -3.56. The molecule has 2 aromatic carbocycles. The Morgan fingerprint density at radius 3 is 0.750 bits per heavy atom. The zero-order valence-electron chi connectivity index (χ0n) is 32.7. The Kier molecular flexibility index (Phi) is 49.1. The van der Waals surface area contributed by atoms with E-state index in [2.05, 4.69) is 68.1 Å². The second kappa shape index (κ2) is 40.2. The molecule has 0 fully saturated rings. The van der Waals surface area contributed by atoms with E-state index in [-0.39, 0.29) is 54.2 Å². The van der Waals surface area contributed by atoms with E-state index in [4.69, 9.17) is 21.0 Å². The van der Waals surface area contributed by atoms with Gasteiger partial charge >= 0.3 is 47.6 Å². The van der Waals surface area contributed by atoms with Crippen molar-refractivity contribution in [2.45, 2.75) is 83.1 Å². The fourth-order valence-electron chi connectivity index (χ4n) is 1.34. The number of nitrogens with zero attached hydrogens (tertiary/aromatic N) is 8. The van der Waals surface area contributed by atoms with E-state index < -0.39 is 0 Å². The first-order valence-electron chi connectivity index (χ1n) is 15.3. The fourth-order valence-corrected chi connectivity index (χ4v) is 1.34. The molecule has 8 nitrogen and oxygen atoms in total. The van der Waals surface area contributed by atoms with E-state index in [9.17, 15) is 0 Å². The largest absolute Gasteiger partial charge is 3.00 e. The third kappa shape index (κ3) is 80.8. The van der Waals surface area contributed by atoms with Crippen molar-refractivity contribution in [2.75, 3.05) is 0 Å². The van der Waals surface area contributed by atoms with Crippen LogP contribution in [0.5, 0.6) is 0 Å². The number of rotatable bonds is 0. The summed E-state index contributed by atoms with van der Waals surface area (Å²) >= 11 is 1.47. The molecular formula is C40H56Cl2Ir2N8. The molecule has 0 bridgehead atoms. The molecule has 4 aromatic rings. The molecule has 2 aromatic heterocycles. The summed E-state index contributed by atoms with van der Waals surface area (Å²) in [5, 5.41) is 46.5. The maximum absolute atomic E-state index is 8.15. The van der Waals surface area contributed by atoms with Crippen molar-refractivity contribution >= 4 is 9.58 Å². The first-order chi connectivity index (χ1) is 23.0. The molecule has 0 aliphatic heterocycles. The van der Waals surface area contributed by atoms with Crippen molar-refractivity contribution in [1.29, 1.82) is 21.0 Å². The Morgan fingerprint density at radius 2 is 0.692 bits per heavy atom. The van der Waals surface area contributed by atoms with Crippen LogP contribution in [-0.4, -0.2) is 10.2 Å². The van der Waals surface area contributed by atoms with E-state index in [0.29, 0.717) is 0 Å². The first-order valence-corrected chi connectivity index (χ1v) is 18.3. The van der Waals surface area contributed by atoms with Gasteiger partial charge in [-0.2, -0.15) is 82.7 Å². The van der Waals surface area contributed by atoms with Gasteiger partial charge in [0.1, 0.15) is 0 Å². The van der Waals surface area contributed by atoms with E-state index in [1.54, 1.807) is 36.9 Å². The van der Waals surface area contributed by atoms with Crippen molar-refractivity contribution in [1.82, 2.24) is 20.4 Å². The van der Waals surface area contributed by atoms with E-state index >= 15 is 0 Å². The summed E-state index contributed by atoms with van der Waals surface area (Å²) in [6, 6.07) is 31.7. The summed E-state index contributed by atoms with van der Waals surface area (Å²) in [4.78, 5) is 0. The molecule has 0 aliphatic carbocycles. The van der Waals surface area contributed by atoms with Gasteiger partial charge in [-0.3, -0.25) is 0 Å². The predicted octanol–water partition coefficient (Wildman–Crippen LogP) is 7.73. The van der Waals surface area contributed by atoms with Crippen molar-refractivity contribution < 1.29 is 50.4 Å². The Morgan fingerprint density at radius 1 is 0.500 bits per heavy atom. The van der Waals surface area contributed by atoms with Crippen molar-refractivity contribution in [3.8, 4) is 24.3 Å². The quantitative estimate of drug-likeness (QED) is 0.163. The van der Waals surface area contributed by atoms with Gasteiger partial charge < -0.3 is 32.8 Å².